The largest absolute Gasteiger partial charge is 0.504 e. The second-order valence-corrected chi connectivity index (χ2v) is 11.7. The molecule has 0 saturated heterocycles. The smallest absolute Gasteiger partial charge is 0.408 e. The predicted molar refractivity (Wildman–Crippen MR) is 138 cm³/mol. The summed E-state index contributed by atoms with van der Waals surface area (Å²) < 4.78 is 12.5. The van der Waals surface area contributed by atoms with Gasteiger partial charge in [0.15, 0.2) is 23.4 Å². The Kier molecular flexibility index (Phi) is 5.17. The van der Waals surface area contributed by atoms with Crippen molar-refractivity contribution < 1.29 is 24.2 Å². The summed E-state index contributed by atoms with van der Waals surface area (Å²) in [6, 6.07) is 10.9. The van der Waals surface area contributed by atoms with E-state index in [-0.39, 0.29) is 16.9 Å². The number of aromatic hydroxyl groups is 1. The van der Waals surface area contributed by atoms with Crippen molar-refractivity contribution in [2.75, 3.05) is 0 Å². The monoisotopic (exact) mass is 519 g/mol. The van der Waals surface area contributed by atoms with Crippen molar-refractivity contribution in [2.45, 2.75) is 74.5 Å². The van der Waals surface area contributed by atoms with Crippen molar-refractivity contribution >= 4 is 23.5 Å². The third kappa shape index (κ3) is 3.17. The summed E-state index contributed by atoms with van der Waals surface area (Å²) in [6.45, 7) is 0. The topological polar surface area (TPSA) is 84.9 Å². The number of benzene rings is 2. The lowest BCUT2D eigenvalue weighted by Gasteiger charge is -2.53. The van der Waals surface area contributed by atoms with Crippen LogP contribution in [-0.4, -0.2) is 29.2 Å². The van der Waals surface area contributed by atoms with Crippen LogP contribution in [0.15, 0.2) is 48.6 Å². The van der Waals surface area contributed by atoms with E-state index in [4.69, 9.17) is 21.1 Å². The number of ether oxygens (including phenoxy) is 2. The first-order valence-corrected chi connectivity index (χ1v) is 13.8. The molecule has 1 heterocycles. The highest BCUT2D eigenvalue weighted by Gasteiger charge is 2.64. The molecule has 1 spiro atoms. The summed E-state index contributed by atoms with van der Waals surface area (Å²) in [5.74, 6) is 1.43. The second kappa shape index (κ2) is 8.26. The van der Waals surface area contributed by atoms with Gasteiger partial charge in [0.2, 0.25) is 0 Å². The first-order valence-electron chi connectivity index (χ1n) is 13.4. The number of Topliss-reactive ketones (excluding diaryl/α,β-unsaturated/α-hetero) is 1. The molecule has 2 aromatic carbocycles. The molecule has 6 atom stereocenters. The molecule has 2 fully saturated rings. The van der Waals surface area contributed by atoms with E-state index in [1.807, 2.05) is 24.3 Å². The number of hydrogen-bond donors (Lipinski definition) is 2. The van der Waals surface area contributed by atoms with Gasteiger partial charge in [0, 0.05) is 28.0 Å². The van der Waals surface area contributed by atoms with Crippen LogP contribution >= 0.6 is 11.6 Å². The van der Waals surface area contributed by atoms with E-state index in [2.05, 4.69) is 11.4 Å². The predicted octanol–water partition coefficient (Wildman–Crippen LogP) is 5.72. The molecule has 2 saturated carbocycles. The molecule has 2 aromatic rings. The lowest BCUT2D eigenvalue weighted by Crippen LogP contribution is -2.60. The van der Waals surface area contributed by atoms with Crippen LogP contribution in [0.3, 0.4) is 0 Å². The molecule has 0 unspecified atom stereocenters. The normalized spacial score (nSPS) is 34.9. The number of hydrogen-bond acceptors (Lipinski definition) is 5. The van der Waals surface area contributed by atoms with E-state index in [1.165, 1.54) is 5.56 Å². The number of ketones is 1. The zero-order valence-electron chi connectivity index (χ0n) is 20.5. The Morgan fingerprint density at radius 2 is 1.97 bits per heavy atom. The maximum Gasteiger partial charge on any atom is 0.408 e. The number of halogens is 1. The van der Waals surface area contributed by atoms with E-state index in [1.54, 1.807) is 18.2 Å². The molecule has 0 aromatic heterocycles. The Morgan fingerprint density at radius 1 is 1.11 bits per heavy atom. The molecule has 192 valence electrons. The Labute approximate surface area is 221 Å². The molecule has 7 rings (SSSR count). The van der Waals surface area contributed by atoms with Gasteiger partial charge in [-0.05, 0) is 74.1 Å². The van der Waals surface area contributed by atoms with Crippen LogP contribution in [0.25, 0.3) is 0 Å². The third-order valence-corrected chi connectivity index (χ3v) is 9.90. The lowest BCUT2D eigenvalue weighted by atomic mass is 9.50. The fourth-order valence-electron chi connectivity index (χ4n) is 8.11. The van der Waals surface area contributed by atoms with Crippen molar-refractivity contribution in [2.24, 2.45) is 11.8 Å². The van der Waals surface area contributed by atoms with Crippen molar-refractivity contribution in [3.8, 4) is 11.5 Å². The zero-order valence-corrected chi connectivity index (χ0v) is 21.3. The molecule has 2 bridgehead atoms. The number of nitrogens with one attached hydrogen (secondary N) is 1. The van der Waals surface area contributed by atoms with E-state index in [9.17, 15) is 14.7 Å². The number of phenolic OH excluding ortho intramolecular Hbond substituents is 1. The average Bonchev–Trinajstić information content (AvgIpc) is 3.23. The number of amides is 1. The summed E-state index contributed by atoms with van der Waals surface area (Å²) in [6.07, 6.45) is 9.02. The summed E-state index contributed by atoms with van der Waals surface area (Å²) in [7, 11) is 0. The minimum Gasteiger partial charge on any atom is -0.504 e. The lowest BCUT2D eigenvalue weighted by molar-refractivity contribution is -0.128. The van der Waals surface area contributed by atoms with Crippen LogP contribution in [0.4, 0.5) is 4.79 Å². The molecule has 0 radical (unpaired) electrons. The number of phenols is 1. The minimum atomic E-state index is -1.21. The molecule has 5 aliphatic rings. The molecular formula is C30H30ClNO5. The first-order chi connectivity index (χ1) is 17.9. The fraction of sp³-hybridized carbons (Fsp3) is 0.467. The van der Waals surface area contributed by atoms with Gasteiger partial charge < -0.3 is 19.9 Å². The highest BCUT2D eigenvalue weighted by molar-refractivity contribution is 6.31. The van der Waals surface area contributed by atoms with Crippen molar-refractivity contribution in [3.05, 3.63) is 70.3 Å². The van der Waals surface area contributed by atoms with Crippen LogP contribution in [-0.2, 0) is 26.9 Å². The highest BCUT2D eigenvalue weighted by atomic mass is 35.5. The molecule has 6 nitrogen and oxygen atoms in total. The van der Waals surface area contributed by atoms with Gasteiger partial charge in [0.05, 0.1) is 0 Å². The molecule has 4 aliphatic carbocycles. The Balaban J connectivity index is 1.22. The molecule has 7 heteroatoms. The number of carbonyl (C=O) groups excluding carboxylic acids is 2. The van der Waals surface area contributed by atoms with Crippen molar-refractivity contribution in [3.63, 3.8) is 0 Å². The molecular weight excluding hydrogens is 490 g/mol. The number of alkyl carbamates (subject to hydrolysis) is 1. The Bertz CT molecular complexity index is 1340. The van der Waals surface area contributed by atoms with Crippen LogP contribution in [0, 0.1) is 11.8 Å². The van der Waals surface area contributed by atoms with Gasteiger partial charge in [-0.25, -0.2) is 4.79 Å². The highest BCUT2D eigenvalue weighted by Crippen LogP contribution is 2.64. The first kappa shape index (κ1) is 23.2. The third-order valence-electron chi connectivity index (χ3n) is 9.57. The van der Waals surface area contributed by atoms with E-state index >= 15 is 0 Å². The van der Waals surface area contributed by atoms with Crippen molar-refractivity contribution in [1.82, 2.24) is 5.32 Å². The summed E-state index contributed by atoms with van der Waals surface area (Å²) >= 11 is 6.52. The van der Waals surface area contributed by atoms with Gasteiger partial charge in [-0.15, -0.1) is 0 Å². The van der Waals surface area contributed by atoms with Gasteiger partial charge in [0.1, 0.15) is 11.6 Å². The van der Waals surface area contributed by atoms with E-state index < -0.39 is 23.8 Å². The Morgan fingerprint density at radius 3 is 2.81 bits per heavy atom. The zero-order chi connectivity index (χ0) is 25.4. The van der Waals surface area contributed by atoms with Crippen molar-refractivity contribution in [1.29, 1.82) is 0 Å². The summed E-state index contributed by atoms with van der Waals surface area (Å²) in [5, 5.41) is 14.1. The minimum absolute atomic E-state index is 0.0527. The standard InChI is InChI=1S/C30H30ClNO5/c31-21-8-2-1-7-20(21)30(15-4-3-9-24(30)34)32-28(35)36-23-13-11-19-17-6-5-14-29(19)25-18(16-17)10-12-22(33)26(25)37-27(23)29/h1-2,7-8,10-13,17,19,23,27,33H,3-6,9,14-16H2,(H,32,35)/t17-,19+,23+,27+,29+,30+/m1/s1. The second-order valence-electron chi connectivity index (χ2n) is 11.3. The number of rotatable bonds is 3. The van der Waals surface area contributed by atoms with E-state index in [0.717, 1.165) is 44.1 Å². The SMILES string of the molecule is O=C(N[C@]1(c2ccccc2Cl)CCCCC1=O)O[C@H]1C=C[C@H]2[C@@H]3CCC[C@@]24c2c(ccc(O)c2O[C@@H]14)C3. The average molecular weight is 520 g/mol. The molecule has 1 amide bonds. The van der Waals surface area contributed by atoms with Crippen LogP contribution in [0.1, 0.15) is 61.6 Å². The maximum atomic E-state index is 13.5. The van der Waals surface area contributed by atoms with Gasteiger partial charge in [-0.1, -0.05) is 48.4 Å². The van der Waals surface area contributed by atoms with Gasteiger partial charge in [-0.3, -0.25) is 4.79 Å². The fourth-order valence-corrected chi connectivity index (χ4v) is 8.41. The van der Waals surface area contributed by atoms with Crippen LogP contribution in [0.5, 0.6) is 11.5 Å². The van der Waals surface area contributed by atoms with Crippen LogP contribution in [0.2, 0.25) is 5.02 Å². The van der Waals surface area contributed by atoms with Crippen LogP contribution < -0.4 is 10.1 Å². The van der Waals surface area contributed by atoms with E-state index in [0.29, 0.717) is 41.0 Å². The number of carbonyl (C=O) groups is 2. The molecule has 37 heavy (non-hydrogen) atoms. The summed E-state index contributed by atoms with van der Waals surface area (Å²) in [4.78, 5) is 26.8. The van der Waals surface area contributed by atoms with Gasteiger partial charge in [0.25, 0.3) is 0 Å². The summed E-state index contributed by atoms with van der Waals surface area (Å²) in [5.41, 5.74) is 1.42. The number of allylic oxidation sites excluding steroid dienone is 1. The molecule has 1 aliphatic heterocycles. The van der Waals surface area contributed by atoms with Gasteiger partial charge in [-0.2, -0.15) is 0 Å². The van der Waals surface area contributed by atoms with Gasteiger partial charge >= 0.3 is 6.09 Å². The molecule has 2 N–H and O–H groups in total. The quantitative estimate of drug-likeness (QED) is 0.507. The maximum absolute atomic E-state index is 13.5. The Hall–Kier alpha value is -2.99.